The standard InChI is InChI=1S/C11H13ClN4OS/c1-8-10(12)16(7-13-8)9-6-18-11(14-9)15-2-4-17-5-3-15/h6-7H,2-5H2,1H3. The summed E-state index contributed by atoms with van der Waals surface area (Å²) in [4.78, 5) is 11.0. The summed E-state index contributed by atoms with van der Waals surface area (Å²) in [6.07, 6.45) is 1.70. The Morgan fingerprint density at radius 2 is 2.17 bits per heavy atom. The highest BCUT2D eigenvalue weighted by atomic mass is 35.5. The SMILES string of the molecule is Cc1ncn(-c2csc(N3CCOCC3)n2)c1Cl. The lowest BCUT2D eigenvalue weighted by atomic mass is 10.5. The minimum absolute atomic E-state index is 0.619. The molecule has 2 aromatic rings. The van der Waals surface area contributed by atoms with Gasteiger partial charge in [-0.05, 0) is 6.92 Å². The quantitative estimate of drug-likeness (QED) is 0.847. The van der Waals surface area contributed by atoms with E-state index in [4.69, 9.17) is 16.3 Å². The molecule has 0 amide bonds. The highest BCUT2D eigenvalue weighted by Crippen LogP contribution is 2.26. The number of rotatable bonds is 2. The average molecular weight is 285 g/mol. The molecule has 7 heteroatoms. The molecule has 0 spiro atoms. The van der Waals surface area contributed by atoms with Crippen LogP contribution in [0.5, 0.6) is 0 Å². The minimum atomic E-state index is 0.619. The molecule has 18 heavy (non-hydrogen) atoms. The number of morpholine rings is 1. The van der Waals surface area contributed by atoms with Crippen LogP contribution in [-0.2, 0) is 4.74 Å². The van der Waals surface area contributed by atoms with Gasteiger partial charge < -0.3 is 9.64 Å². The van der Waals surface area contributed by atoms with Crippen LogP contribution < -0.4 is 4.90 Å². The molecule has 0 atom stereocenters. The molecule has 3 rings (SSSR count). The number of ether oxygens (including phenoxy) is 1. The summed E-state index contributed by atoms with van der Waals surface area (Å²) >= 11 is 7.79. The lowest BCUT2D eigenvalue weighted by molar-refractivity contribution is 0.122. The van der Waals surface area contributed by atoms with E-state index >= 15 is 0 Å². The zero-order valence-electron chi connectivity index (χ0n) is 9.97. The predicted octanol–water partition coefficient (Wildman–Crippen LogP) is 2.13. The van der Waals surface area contributed by atoms with Crippen LogP contribution in [0.15, 0.2) is 11.7 Å². The van der Waals surface area contributed by atoms with Gasteiger partial charge in [-0.2, -0.15) is 0 Å². The van der Waals surface area contributed by atoms with E-state index in [1.807, 2.05) is 12.3 Å². The van der Waals surface area contributed by atoms with Crippen LogP contribution in [0.4, 0.5) is 5.13 Å². The van der Waals surface area contributed by atoms with Crippen LogP contribution in [0.2, 0.25) is 5.15 Å². The van der Waals surface area contributed by atoms with Gasteiger partial charge in [-0.25, -0.2) is 9.97 Å². The molecule has 2 aromatic heterocycles. The smallest absolute Gasteiger partial charge is 0.187 e. The molecule has 96 valence electrons. The van der Waals surface area contributed by atoms with Gasteiger partial charge in [0.25, 0.3) is 0 Å². The molecular formula is C11H13ClN4OS. The third-order valence-corrected chi connectivity index (χ3v) is 4.23. The molecular weight excluding hydrogens is 272 g/mol. The van der Waals surface area contributed by atoms with E-state index in [-0.39, 0.29) is 0 Å². The Bertz CT molecular complexity index is 547. The van der Waals surface area contributed by atoms with Gasteiger partial charge in [0.05, 0.1) is 18.9 Å². The molecule has 0 N–H and O–H groups in total. The molecule has 0 bridgehead atoms. The van der Waals surface area contributed by atoms with E-state index in [1.165, 1.54) is 0 Å². The summed E-state index contributed by atoms with van der Waals surface area (Å²) in [5.74, 6) is 0.826. The van der Waals surface area contributed by atoms with Gasteiger partial charge in [0.1, 0.15) is 11.5 Å². The molecule has 0 saturated carbocycles. The van der Waals surface area contributed by atoms with E-state index in [0.29, 0.717) is 5.15 Å². The van der Waals surface area contributed by atoms with Gasteiger partial charge in [0.15, 0.2) is 10.9 Å². The topological polar surface area (TPSA) is 43.2 Å². The van der Waals surface area contributed by atoms with Crippen molar-refractivity contribution >= 4 is 28.1 Å². The number of aromatic nitrogens is 3. The molecule has 0 aliphatic carbocycles. The highest BCUT2D eigenvalue weighted by molar-refractivity contribution is 7.14. The maximum Gasteiger partial charge on any atom is 0.187 e. The Kier molecular flexibility index (Phi) is 3.23. The first kappa shape index (κ1) is 12.0. The number of nitrogens with zero attached hydrogens (tertiary/aromatic N) is 4. The van der Waals surface area contributed by atoms with Gasteiger partial charge in [0.2, 0.25) is 0 Å². The van der Waals surface area contributed by atoms with E-state index in [9.17, 15) is 0 Å². The van der Waals surface area contributed by atoms with Crippen molar-refractivity contribution in [1.82, 2.24) is 14.5 Å². The zero-order chi connectivity index (χ0) is 12.5. The van der Waals surface area contributed by atoms with E-state index in [1.54, 1.807) is 22.2 Å². The maximum absolute atomic E-state index is 6.17. The molecule has 1 fully saturated rings. The Labute approximate surface area is 114 Å². The van der Waals surface area contributed by atoms with Crippen LogP contribution in [0, 0.1) is 6.92 Å². The van der Waals surface area contributed by atoms with Gasteiger partial charge in [-0.1, -0.05) is 11.6 Å². The minimum Gasteiger partial charge on any atom is -0.378 e. The fourth-order valence-electron chi connectivity index (χ4n) is 1.85. The predicted molar refractivity (Wildman–Crippen MR) is 72.0 cm³/mol. The maximum atomic E-state index is 6.17. The van der Waals surface area contributed by atoms with Gasteiger partial charge in [0, 0.05) is 18.5 Å². The number of thiazole rings is 1. The van der Waals surface area contributed by atoms with Crippen LogP contribution >= 0.6 is 22.9 Å². The fraction of sp³-hybridized carbons (Fsp3) is 0.455. The lowest BCUT2D eigenvalue weighted by Gasteiger charge is -2.25. The summed E-state index contributed by atoms with van der Waals surface area (Å²) in [7, 11) is 0. The van der Waals surface area contributed by atoms with Crippen LogP contribution in [-0.4, -0.2) is 40.8 Å². The van der Waals surface area contributed by atoms with Crippen molar-refractivity contribution in [2.75, 3.05) is 31.2 Å². The van der Waals surface area contributed by atoms with Crippen molar-refractivity contribution in [3.8, 4) is 5.82 Å². The molecule has 3 heterocycles. The third-order valence-electron chi connectivity index (χ3n) is 2.89. The normalized spacial score (nSPS) is 16.2. The summed E-state index contributed by atoms with van der Waals surface area (Å²) in [5.41, 5.74) is 0.817. The Morgan fingerprint density at radius 3 is 2.83 bits per heavy atom. The van der Waals surface area contributed by atoms with Crippen molar-refractivity contribution in [2.24, 2.45) is 0 Å². The first-order valence-electron chi connectivity index (χ1n) is 5.74. The molecule has 1 aliphatic heterocycles. The molecule has 5 nitrogen and oxygen atoms in total. The first-order chi connectivity index (χ1) is 8.75. The van der Waals surface area contributed by atoms with E-state index in [2.05, 4.69) is 14.9 Å². The van der Waals surface area contributed by atoms with Crippen molar-refractivity contribution in [3.05, 3.63) is 22.6 Å². The number of anilines is 1. The van der Waals surface area contributed by atoms with Gasteiger partial charge in [-0.3, -0.25) is 4.57 Å². The van der Waals surface area contributed by atoms with Crippen molar-refractivity contribution in [2.45, 2.75) is 6.92 Å². The number of aryl methyl sites for hydroxylation is 1. The zero-order valence-corrected chi connectivity index (χ0v) is 11.5. The largest absolute Gasteiger partial charge is 0.378 e. The third kappa shape index (κ3) is 2.11. The highest BCUT2D eigenvalue weighted by Gasteiger charge is 2.16. The van der Waals surface area contributed by atoms with Gasteiger partial charge in [-0.15, -0.1) is 11.3 Å². The van der Waals surface area contributed by atoms with E-state index in [0.717, 1.165) is 42.9 Å². The second-order valence-corrected chi connectivity index (χ2v) is 5.27. The molecule has 0 unspecified atom stereocenters. The number of hydrogen-bond acceptors (Lipinski definition) is 5. The van der Waals surface area contributed by atoms with Crippen molar-refractivity contribution < 1.29 is 4.74 Å². The summed E-state index contributed by atoms with van der Waals surface area (Å²) < 4.78 is 7.14. The van der Waals surface area contributed by atoms with Crippen LogP contribution in [0.1, 0.15) is 5.69 Å². The summed E-state index contributed by atoms with van der Waals surface area (Å²) in [6.45, 7) is 5.20. The molecule has 0 aromatic carbocycles. The second-order valence-electron chi connectivity index (χ2n) is 4.08. The lowest BCUT2D eigenvalue weighted by Crippen LogP contribution is -2.36. The first-order valence-corrected chi connectivity index (χ1v) is 6.99. The number of hydrogen-bond donors (Lipinski definition) is 0. The van der Waals surface area contributed by atoms with E-state index < -0.39 is 0 Å². The summed E-state index contributed by atoms with van der Waals surface area (Å²) in [5, 5.41) is 3.63. The number of halogens is 1. The van der Waals surface area contributed by atoms with Crippen molar-refractivity contribution in [1.29, 1.82) is 0 Å². The monoisotopic (exact) mass is 284 g/mol. The fourth-order valence-corrected chi connectivity index (χ4v) is 2.88. The second kappa shape index (κ2) is 4.87. The Hall–Kier alpha value is -1.11. The average Bonchev–Trinajstić information content (AvgIpc) is 3.00. The van der Waals surface area contributed by atoms with Crippen LogP contribution in [0.25, 0.3) is 5.82 Å². The number of imidazole rings is 1. The molecule has 0 radical (unpaired) electrons. The van der Waals surface area contributed by atoms with Crippen molar-refractivity contribution in [3.63, 3.8) is 0 Å². The molecule has 1 saturated heterocycles. The summed E-state index contributed by atoms with van der Waals surface area (Å²) in [6, 6.07) is 0. The van der Waals surface area contributed by atoms with Crippen LogP contribution in [0.3, 0.4) is 0 Å². The Morgan fingerprint density at radius 1 is 1.39 bits per heavy atom. The van der Waals surface area contributed by atoms with Gasteiger partial charge >= 0.3 is 0 Å². The Balaban J connectivity index is 1.87. The molecule has 1 aliphatic rings.